The maximum atomic E-state index is 13.4. The fourth-order valence-electron chi connectivity index (χ4n) is 5.53. The average Bonchev–Trinajstić information content (AvgIpc) is 3.43. The van der Waals surface area contributed by atoms with Crippen LogP contribution in [0, 0.1) is 5.41 Å². The van der Waals surface area contributed by atoms with Crippen LogP contribution in [0.15, 0.2) is 60.8 Å². The summed E-state index contributed by atoms with van der Waals surface area (Å²) in [5.41, 5.74) is 3.30. The summed E-state index contributed by atoms with van der Waals surface area (Å²) < 4.78 is 0. The van der Waals surface area contributed by atoms with E-state index in [1.165, 1.54) is 4.90 Å². The van der Waals surface area contributed by atoms with Crippen LogP contribution in [0.25, 0.3) is 0 Å². The maximum absolute atomic E-state index is 13.4. The standard InChI is InChI=1S/C31H32N4O4/c1-19(35(29(39)30(2,3)4)17-21-8-5-6-9-22(21)18-36)27(37)33-24-12-11-20-15-31(16-23(20)14-24)25-10-7-13-32-26(25)34-28(31)38/h5-14,18-19H,15-17H2,1-4H3,(H,33,37)(H,32,34,38)/t19-,31?/m1/s1. The zero-order valence-corrected chi connectivity index (χ0v) is 22.6. The molecule has 0 saturated heterocycles. The lowest BCUT2D eigenvalue weighted by atomic mass is 9.79. The quantitative estimate of drug-likeness (QED) is 0.468. The van der Waals surface area contributed by atoms with Gasteiger partial charge in [-0.2, -0.15) is 0 Å². The van der Waals surface area contributed by atoms with Gasteiger partial charge in [-0.25, -0.2) is 4.98 Å². The second-order valence-electron chi connectivity index (χ2n) is 11.4. The number of aldehydes is 1. The van der Waals surface area contributed by atoms with Gasteiger partial charge in [0.15, 0.2) is 0 Å². The molecule has 2 heterocycles. The van der Waals surface area contributed by atoms with E-state index in [1.807, 2.05) is 57.2 Å². The number of aromatic nitrogens is 1. The summed E-state index contributed by atoms with van der Waals surface area (Å²) in [5.74, 6) is 0.0224. The number of amides is 3. The van der Waals surface area contributed by atoms with Gasteiger partial charge in [0, 0.05) is 35.0 Å². The van der Waals surface area contributed by atoms with Crippen molar-refractivity contribution in [2.24, 2.45) is 5.41 Å². The van der Waals surface area contributed by atoms with E-state index < -0.39 is 16.9 Å². The minimum absolute atomic E-state index is 0.0569. The van der Waals surface area contributed by atoms with Crippen LogP contribution in [0.3, 0.4) is 0 Å². The Kier molecular flexibility index (Phi) is 6.58. The second kappa shape index (κ2) is 9.76. The molecule has 3 aromatic rings. The van der Waals surface area contributed by atoms with Crippen molar-refractivity contribution < 1.29 is 19.2 Å². The normalized spacial score (nSPS) is 18.2. The van der Waals surface area contributed by atoms with Gasteiger partial charge in [-0.05, 0) is 54.7 Å². The summed E-state index contributed by atoms with van der Waals surface area (Å²) in [6, 6.07) is 15.7. The Hall–Kier alpha value is -4.33. The first-order valence-electron chi connectivity index (χ1n) is 13.1. The Labute approximate surface area is 227 Å². The van der Waals surface area contributed by atoms with E-state index in [2.05, 4.69) is 15.6 Å². The Balaban J connectivity index is 1.37. The van der Waals surface area contributed by atoms with Crippen molar-refractivity contribution in [3.63, 3.8) is 0 Å². The van der Waals surface area contributed by atoms with Gasteiger partial charge in [0.25, 0.3) is 0 Å². The highest BCUT2D eigenvalue weighted by atomic mass is 16.2. The lowest BCUT2D eigenvalue weighted by molar-refractivity contribution is -0.145. The SMILES string of the molecule is C[C@H](C(=O)Nc1ccc2c(c1)CC1(C2)C(=O)Nc2ncccc21)N(Cc1ccccc1C=O)C(=O)C(C)(C)C. The lowest BCUT2D eigenvalue weighted by Crippen LogP contribution is -2.49. The number of hydrogen-bond acceptors (Lipinski definition) is 5. The van der Waals surface area contributed by atoms with E-state index >= 15 is 0 Å². The molecule has 1 aliphatic carbocycles. The van der Waals surface area contributed by atoms with E-state index in [0.717, 1.165) is 23.0 Å². The van der Waals surface area contributed by atoms with Gasteiger partial charge in [0.2, 0.25) is 17.7 Å². The number of carbonyl (C=O) groups excluding carboxylic acids is 4. The fraction of sp³-hybridized carbons (Fsp3) is 0.323. The number of nitrogens with zero attached hydrogens (tertiary/aromatic N) is 2. The smallest absolute Gasteiger partial charge is 0.246 e. The molecule has 2 N–H and O–H groups in total. The molecule has 0 fully saturated rings. The maximum Gasteiger partial charge on any atom is 0.246 e. The monoisotopic (exact) mass is 524 g/mol. The lowest BCUT2D eigenvalue weighted by Gasteiger charge is -2.34. The summed E-state index contributed by atoms with van der Waals surface area (Å²) in [4.78, 5) is 57.3. The van der Waals surface area contributed by atoms with Crippen molar-refractivity contribution >= 4 is 35.5 Å². The van der Waals surface area contributed by atoms with E-state index in [9.17, 15) is 19.2 Å². The highest BCUT2D eigenvalue weighted by Crippen LogP contribution is 2.47. The van der Waals surface area contributed by atoms with Crippen molar-refractivity contribution in [2.75, 3.05) is 10.6 Å². The Morgan fingerprint density at radius 3 is 2.59 bits per heavy atom. The molecule has 2 aliphatic rings. The van der Waals surface area contributed by atoms with Gasteiger partial charge in [-0.3, -0.25) is 19.2 Å². The zero-order chi connectivity index (χ0) is 27.9. The third-order valence-corrected chi connectivity index (χ3v) is 7.72. The van der Waals surface area contributed by atoms with Gasteiger partial charge in [0.05, 0.1) is 5.41 Å². The summed E-state index contributed by atoms with van der Waals surface area (Å²) >= 11 is 0. The molecule has 39 heavy (non-hydrogen) atoms. The Morgan fingerprint density at radius 2 is 1.85 bits per heavy atom. The summed E-state index contributed by atoms with van der Waals surface area (Å²) in [6.07, 6.45) is 3.52. The van der Waals surface area contributed by atoms with Crippen LogP contribution >= 0.6 is 0 Å². The van der Waals surface area contributed by atoms with Gasteiger partial charge in [0.1, 0.15) is 18.1 Å². The van der Waals surface area contributed by atoms with E-state index in [0.29, 0.717) is 35.5 Å². The number of hydrogen-bond donors (Lipinski definition) is 2. The molecule has 2 aromatic carbocycles. The molecule has 2 atom stereocenters. The number of benzene rings is 2. The molecular formula is C31H32N4O4. The molecule has 1 unspecified atom stereocenters. The molecule has 8 nitrogen and oxygen atoms in total. The number of fused-ring (bicyclic) bond motifs is 3. The summed E-state index contributed by atoms with van der Waals surface area (Å²) in [6.45, 7) is 7.25. The molecule has 1 aliphatic heterocycles. The largest absolute Gasteiger partial charge is 0.326 e. The molecule has 8 heteroatoms. The van der Waals surface area contributed by atoms with Gasteiger partial charge in [-0.15, -0.1) is 0 Å². The topological polar surface area (TPSA) is 108 Å². The second-order valence-corrected chi connectivity index (χ2v) is 11.4. The van der Waals surface area contributed by atoms with Crippen LogP contribution < -0.4 is 10.6 Å². The molecule has 0 radical (unpaired) electrons. The van der Waals surface area contributed by atoms with Crippen molar-refractivity contribution in [3.8, 4) is 0 Å². The molecule has 0 bridgehead atoms. The molecular weight excluding hydrogens is 492 g/mol. The van der Waals surface area contributed by atoms with Crippen molar-refractivity contribution in [3.05, 3.63) is 88.6 Å². The van der Waals surface area contributed by atoms with E-state index in [1.54, 1.807) is 31.3 Å². The minimum atomic E-state index is -0.797. The number of carbonyl (C=O) groups is 4. The van der Waals surface area contributed by atoms with Crippen LogP contribution in [0.2, 0.25) is 0 Å². The first-order valence-corrected chi connectivity index (χ1v) is 13.1. The number of anilines is 2. The number of rotatable bonds is 6. The number of nitrogens with one attached hydrogen (secondary N) is 2. The molecule has 1 spiro atoms. The van der Waals surface area contributed by atoms with Crippen LogP contribution in [0.4, 0.5) is 11.5 Å². The highest BCUT2D eigenvalue weighted by molar-refractivity contribution is 6.06. The third-order valence-electron chi connectivity index (χ3n) is 7.72. The van der Waals surface area contributed by atoms with Crippen LogP contribution in [0.5, 0.6) is 0 Å². The first kappa shape index (κ1) is 26.3. The minimum Gasteiger partial charge on any atom is -0.326 e. The third kappa shape index (κ3) is 4.71. The molecule has 1 aromatic heterocycles. The average molecular weight is 525 g/mol. The zero-order valence-electron chi connectivity index (χ0n) is 22.6. The molecule has 5 rings (SSSR count). The predicted octanol–water partition coefficient (Wildman–Crippen LogP) is 4.28. The fourth-order valence-corrected chi connectivity index (χ4v) is 5.53. The van der Waals surface area contributed by atoms with Gasteiger partial charge >= 0.3 is 0 Å². The first-order chi connectivity index (χ1) is 18.5. The predicted molar refractivity (Wildman–Crippen MR) is 148 cm³/mol. The molecule has 0 saturated carbocycles. The van der Waals surface area contributed by atoms with Gasteiger partial charge in [-0.1, -0.05) is 57.2 Å². The molecule has 3 amide bonds. The van der Waals surface area contributed by atoms with Crippen molar-refractivity contribution in [2.45, 2.75) is 58.5 Å². The van der Waals surface area contributed by atoms with Gasteiger partial charge < -0.3 is 15.5 Å². The van der Waals surface area contributed by atoms with E-state index in [4.69, 9.17) is 0 Å². The van der Waals surface area contributed by atoms with Crippen LogP contribution in [-0.2, 0) is 39.2 Å². The Morgan fingerprint density at radius 1 is 1.10 bits per heavy atom. The van der Waals surface area contributed by atoms with Crippen molar-refractivity contribution in [1.29, 1.82) is 0 Å². The summed E-state index contributed by atoms with van der Waals surface area (Å²) in [5, 5.41) is 5.88. The Bertz CT molecular complexity index is 1490. The van der Waals surface area contributed by atoms with Crippen LogP contribution in [0.1, 0.15) is 60.3 Å². The highest BCUT2D eigenvalue weighted by Gasteiger charge is 2.51. The van der Waals surface area contributed by atoms with Crippen molar-refractivity contribution in [1.82, 2.24) is 9.88 Å². The van der Waals surface area contributed by atoms with Crippen LogP contribution in [-0.4, -0.2) is 39.9 Å². The molecule has 200 valence electrons. The van der Waals surface area contributed by atoms with E-state index in [-0.39, 0.29) is 24.3 Å². The number of pyridine rings is 1. The summed E-state index contributed by atoms with van der Waals surface area (Å²) in [7, 11) is 0.